The molecule has 1 N–H and O–H groups in total. The molecule has 23 heavy (non-hydrogen) atoms. The summed E-state index contributed by atoms with van der Waals surface area (Å²) in [4.78, 5) is 24.3. The van der Waals surface area contributed by atoms with Crippen LogP contribution in [0, 0.1) is 6.92 Å². The SMILES string of the molecule is CCC(C)NC(=O)C(C)n1nc(-c2ccc(C)cc2)ccc1=O. The van der Waals surface area contributed by atoms with Crippen LogP contribution in [0.15, 0.2) is 41.2 Å². The molecule has 5 heteroatoms. The van der Waals surface area contributed by atoms with Crippen molar-refractivity contribution < 1.29 is 4.79 Å². The Kier molecular flexibility index (Phi) is 5.32. The molecule has 2 aromatic rings. The summed E-state index contributed by atoms with van der Waals surface area (Å²) in [5.74, 6) is -0.199. The molecule has 0 radical (unpaired) electrons. The third kappa shape index (κ3) is 4.06. The Morgan fingerprint density at radius 3 is 2.43 bits per heavy atom. The van der Waals surface area contributed by atoms with Crippen LogP contribution in [-0.4, -0.2) is 21.7 Å². The number of carbonyl (C=O) groups excluding carboxylic acids is 1. The predicted octanol–water partition coefficient (Wildman–Crippen LogP) is 2.69. The Bertz CT molecular complexity index is 735. The molecule has 122 valence electrons. The van der Waals surface area contributed by atoms with Crippen LogP contribution < -0.4 is 10.9 Å². The van der Waals surface area contributed by atoms with Gasteiger partial charge in [-0.25, -0.2) is 4.68 Å². The molecule has 0 saturated heterocycles. The molecular weight excluding hydrogens is 290 g/mol. The van der Waals surface area contributed by atoms with Crippen molar-refractivity contribution in [3.05, 3.63) is 52.3 Å². The number of hydrogen-bond donors (Lipinski definition) is 1. The largest absolute Gasteiger partial charge is 0.352 e. The summed E-state index contributed by atoms with van der Waals surface area (Å²) < 4.78 is 1.24. The van der Waals surface area contributed by atoms with Crippen LogP contribution in [0.3, 0.4) is 0 Å². The van der Waals surface area contributed by atoms with E-state index in [1.54, 1.807) is 13.0 Å². The van der Waals surface area contributed by atoms with Gasteiger partial charge in [-0.05, 0) is 33.3 Å². The molecule has 1 heterocycles. The van der Waals surface area contributed by atoms with Crippen LogP contribution in [0.2, 0.25) is 0 Å². The van der Waals surface area contributed by atoms with Crippen molar-refractivity contribution in [2.45, 2.75) is 46.2 Å². The van der Waals surface area contributed by atoms with Gasteiger partial charge in [0.25, 0.3) is 5.56 Å². The minimum atomic E-state index is -0.651. The fraction of sp³-hybridized carbons (Fsp3) is 0.389. The molecule has 2 unspecified atom stereocenters. The van der Waals surface area contributed by atoms with E-state index in [4.69, 9.17) is 0 Å². The minimum Gasteiger partial charge on any atom is -0.352 e. The lowest BCUT2D eigenvalue weighted by molar-refractivity contribution is -0.124. The quantitative estimate of drug-likeness (QED) is 0.923. The van der Waals surface area contributed by atoms with E-state index in [0.29, 0.717) is 5.69 Å². The number of hydrogen-bond acceptors (Lipinski definition) is 3. The second-order valence-electron chi connectivity index (χ2n) is 5.86. The van der Waals surface area contributed by atoms with Gasteiger partial charge in [-0.2, -0.15) is 5.10 Å². The van der Waals surface area contributed by atoms with E-state index in [9.17, 15) is 9.59 Å². The van der Waals surface area contributed by atoms with Gasteiger partial charge >= 0.3 is 0 Å². The summed E-state index contributed by atoms with van der Waals surface area (Å²) in [6, 6.07) is 10.4. The van der Waals surface area contributed by atoms with E-state index in [2.05, 4.69) is 10.4 Å². The first-order chi connectivity index (χ1) is 10.9. The molecule has 1 aromatic carbocycles. The van der Waals surface area contributed by atoms with Crippen LogP contribution in [0.4, 0.5) is 0 Å². The van der Waals surface area contributed by atoms with Gasteiger partial charge in [-0.15, -0.1) is 0 Å². The van der Waals surface area contributed by atoms with Crippen molar-refractivity contribution in [3.8, 4) is 11.3 Å². The van der Waals surface area contributed by atoms with Gasteiger partial charge in [0.15, 0.2) is 0 Å². The number of carbonyl (C=O) groups is 1. The topological polar surface area (TPSA) is 64.0 Å². The van der Waals surface area contributed by atoms with Crippen molar-refractivity contribution >= 4 is 5.91 Å². The number of amides is 1. The Hall–Kier alpha value is -2.43. The van der Waals surface area contributed by atoms with Gasteiger partial charge in [0.05, 0.1) is 5.69 Å². The lowest BCUT2D eigenvalue weighted by Gasteiger charge is -2.18. The van der Waals surface area contributed by atoms with Crippen LogP contribution in [0.1, 0.15) is 38.8 Å². The number of nitrogens with one attached hydrogen (secondary N) is 1. The average molecular weight is 313 g/mol. The number of rotatable bonds is 5. The summed E-state index contributed by atoms with van der Waals surface area (Å²) in [6.45, 7) is 7.63. The van der Waals surface area contributed by atoms with E-state index < -0.39 is 6.04 Å². The maximum atomic E-state index is 12.2. The van der Waals surface area contributed by atoms with Crippen molar-refractivity contribution in [2.24, 2.45) is 0 Å². The Morgan fingerprint density at radius 2 is 1.83 bits per heavy atom. The molecule has 0 saturated carbocycles. The first kappa shape index (κ1) is 16.9. The summed E-state index contributed by atoms with van der Waals surface area (Å²) in [7, 11) is 0. The lowest BCUT2D eigenvalue weighted by Crippen LogP contribution is -2.40. The molecule has 1 amide bonds. The predicted molar refractivity (Wildman–Crippen MR) is 91.3 cm³/mol. The molecule has 0 bridgehead atoms. The van der Waals surface area contributed by atoms with Crippen molar-refractivity contribution in [1.82, 2.24) is 15.1 Å². The van der Waals surface area contributed by atoms with Gasteiger partial charge in [0, 0.05) is 17.7 Å². The Morgan fingerprint density at radius 1 is 1.17 bits per heavy atom. The second kappa shape index (κ2) is 7.22. The maximum absolute atomic E-state index is 12.2. The van der Waals surface area contributed by atoms with Gasteiger partial charge in [0.2, 0.25) is 5.91 Å². The smallest absolute Gasteiger partial charge is 0.267 e. The first-order valence-corrected chi connectivity index (χ1v) is 7.89. The van der Waals surface area contributed by atoms with Gasteiger partial charge < -0.3 is 5.32 Å². The first-order valence-electron chi connectivity index (χ1n) is 7.89. The monoisotopic (exact) mass is 313 g/mol. The highest BCUT2D eigenvalue weighted by molar-refractivity contribution is 5.80. The molecule has 5 nitrogen and oxygen atoms in total. The van der Waals surface area contributed by atoms with Gasteiger partial charge in [-0.3, -0.25) is 9.59 Å². The molecule has 2 rings (SSSR count). The van der Waals surface area contributed by atoms with E-state index in [0.717, 1.165) is 17.5 Å². The van der Waals surface area contributed by atoms with Crippen molar-refractivity contribution in [1.29, 1.82) is 0 Å². The van der Waals surface area contributed by atoms with Gasteiger partial charge in [-0.1, -0.05) is 36.8 Å². The number of benzene rings is 1. The Labute approximate surface area is 136 Å². The highest BCUT2D eigenvalue weighted by atomic mass is 16.2. The zero-order chi connectivity index (χ0) is 17.0. The van der Waals surface area contributed by atoms with Crippen molar-refractivity contribution in [2.75, 3.05) is 0 Å². The van der Waals surface area contributed by atoms with Crippen LogP contribution in [-0.2, 0) is 4.79 Å². The van der Waals surface area contributed by atoms with Crippen LogP contribution >= 0.6 is 0 Å². The molecule has 0 spiro atoms. The zero-order valence-electron chi connectivity index (χ0n) is 14.0. The maximum Gasteiger partial charge on any atom is 0.267 e. The summed E-state index contributed by atoms with van der Waals surface area (Å²) in [5.41, 5.74) is 2.46. The molecule has 0 aliphatic rings. The summed E-state index contributed by atoms with van der Waals surface area (Å²) >= 11 is 0. The minimum absolute atomic E-state index is 0.0703. The van der Waals surface area contributed by atoms with Crippen molar-refractivity contribution in [3.63, 3.8) is 0 Å². The standard InChI is InChI=1S/C18H23N3O2/c1-5-13(3)19-18(23)14(4)21-17(22)11-10-16(20-21)15-8-6-12(2)7-9-15/h6-11,13-14H,5H2,1-4H3,(H,19,23). The summed E-state index contributed by atoms with van der Waals surface area (Å²) in [6.07, 6.45) is 0.837. The number of nitrogens with zero attached hydrogens (tertiary/aromatic N) is 2. The second-order valence-corrected chi connectivity index (χ2v) is 5.86. The highest BCUT2D eigenvalue weighted by Crippen LogP contribution is 2.16. The lowest BCUT2D eigenvalue weighted by atomic mass is 10.1. The third-order valence-corrected chi connectivity index (χ3v) is 3.92. The van der Waals surface area contributed by atoms with Crippen LogP contribution in [0.5, 0.6) is 0 Å². The fourth-order valence-electron chi connectivity index (χ4n) is 2.16. The number of aromatic nitrogens is 2. The summed E-state index contributed by atoms with van der Waals surface area (Å²) in [5, 5.41) is 7.25. The molecule has 0 fully saturated rings. The van der Waals surface area contributed by atoms with Gasteiger partial charge in [0.1, 0.15) is 6.04 Å². The number of aryl methyl sites for hydroxylation is 1. The Balaban J connectivity index is 2.32. The van der Waals surface area contributed by atoms with E-state index in [-0.39, 0.29) is 17.5 Å². The fourth-order valence-corrected chi connectivity index (χ4v) is 2.16. The normalized spacial score (nSPS) is 13.4. The molecule has 0 aliphatic carbocycles. The average Bonchev–Trinajstić information content (AvgIpc) is 2.55. The zero-order valence-corrected chi connectivity index (χ0v) is 14.0. The third-order valence-electron chi connectivity index (χ3n) is 3.92. The molecule has 1 aromatic heterocycles. The van der Waals surface area contributed by atoms with E-state index >= 15 is 0 Å². The van der Waals surface area contributed by atoms with E-state index in [1.807, 2.05) is 45.0 Å². The van der Waals surface area contributed by atoms with E-state index in [1.165, 1.54) is 10.7 Å². The van der Waals surface area contributed by atoms with Crippen LogP contribution in [0.25, 0.3) is 11.3 Å². The molecule has 0 aliphatic heterocycles. The highest BCUT2D eigenvalue weighted by Gasteiger charge is 2.19. The molecule has 2 atom stereocenters. The molecular formula is C18H23N3O2.